The zero-order valence-electron chi connectivity index (χ0n) is 8.36. The molecular weight excluding hydrogens is 164 g/mol. The first-order chi connectivity index (χ1) is 6.16. The summed E-state index contributed by atoms with van der Waals surface area (Å²) in [5.41, 5.74) is 1.13. The second kappa shape index (κ2) is 4.23. The van der Waals surface area contributed by atoms with Crippen LogP contribution in [0.3, 0.4) is 0 Å². The van der Waals surface area contributed by atoms with Gasteiger partial charge in [0.2, 0.25) is 0 Å². The summed E-state index contributed by atoms with van der Waals surface area (Å²) in [6.45, 7) is 4.13. The van der Waals surface area contributed by atoms with Gasteiger partial charge in [0.1, 0.15) is 5.82 Å². The highest BCUT2D eigenvalue weighted by molar-refractivity contribution is 5.45. The quantitative estimate of drug-likeness (QED) is 0.759. The molecule has 0 fully saturated rings. The second-order valence-electron chi connectivity index (χ2n) is 3.29. The standard InChI is InChI=1S/C10H16N2O/c1-8-5-4-6-11-10(8)12(3)9(2)7-13/h4-6,9,13H,7H2,1-3H3. The minimum atomic E-state index is 0.105. The van der Waals surface area contributed by atoms with Gasteiger partial charge in [0, 0.05) is 13.2 Å². The number of rotatable bonds is 3. The Bertz CT molecular complexity index is 275. The van der Waals surface area contributed by atoms with Gasteiger partial charge in [-0.1, -0.05) is 6.07 Å². The molecule has 1 aromatic heterocycles. The SMILES string of the molecule is Cc1cccnc1N(C)C(C)CO. The molecule has 0 aromatic carbocycles. The molecule has 0 aliphatic carbocycles. The monoisotopic (exact) mass is 180 g/mol. The average molecular weight is 180 g/mol. The van der Waals surface area contributed by atoms with Crippen LogP contribution < -0.4 is 4.90 Å². The minimum absolute atomic E-state index is 0.105. The Kier molecular flexibility index (Phi) is 3.25. The van der Waals surface area contributed by atoms with Crippen LogP contribution in [0.25, 0.3) is 0 Å². The molecular formula is C10H16N2O. The number of hydrogen-bond donors (Lipinski definition) is 1. The minimum Gasteiger partial charge on any atom is -0.394 e. The van der Waals surface area contributed by atoms with E-state index in [0.717, 1.165) is 11.4 Å². The van der Waals surface area contributed by atoms with Crippen molar-refractivity contribution in [3.63, 3.8) is 0 Å². The molecule has 1 rings (SSSR count). The zero-order chi connectivity index (χ0) is 9.84. The largest absolute Gasteiger partial charge is 0.394 e. The summed E-state index contributed by atoms with van der Waals surface area (Å²) in [7, 11) is 1.94. The number of hydrogen-bond acceptors (Lipinski definition) is 3. The van der Waals surface area contributed by atoms with Gasteiger partial charge in [-0.05, 0) is 25.5 Å². The maximum atomic E-state index is 8.99. The highest BCUT2D eigenvalue weighted by atomic mass is 16.3. The molecule has 1 atom stereocenters. The van der Waals surface area contributed by atoms with Crippen LogP contribution in [0.15, 0.2) is 18.3 Å². The number of aryl methyl sites for hydroxylation is 1. The smallest absolute Gasteiger partial charge is 0.131 e. The summed E-state index contributed by atoms with van der Waals surface area (Å²) in [6.07, 6.45) is 1.77. The van der Waals surface area contributed by atoms with Gasteiger partial charge in [0.15, 0.2) is 0 Å². The van der Waals surface area contributed by atoms with Gasteiger partial charge in [0.05, 0.1) is 12.6 Å². The van der Waals surface area contributed by atoms with Gasteiger partial charge in [-0.15, -0.1) is 0 Å². The predicted molar refractivity (Wildman–Crippen MR) is 53.9 cm³/mol. The number of aromatic nitrogens is 1. The topological polar surface area (TPSA) is 36.4 Å². The summed E-state index contributed by atoms with van der Waals surface area (Å²) in [5, 5.41) is 8.99. The highest BCUT2D eigenvalue weighted by Gasteiger charge is 2.11. The molecule has 0 saturated carbocycles. The Morgan fingerprint density at radius 3 is 2.85 bits per heavy atom. The fraction of sp³-hybridized carbons (Fsp3) is 0.500. The fourth-order valence-electron chi connectivity index (χ4n) is 1.18. The van der Waals surface area contributed by atoms with Crippen LogP contribution in [-0.4, -0.2) is 29.8 Å². The molecule has 1 unspecified atom stereocenters. The van der Waals surface area contributed by atoms with E-state index in [4.69, 9.17) is 5.11 Å². The van der Waals surface area contributed by atoms with Gasteiger partial charge in [0.25, 0.3) is 0 Å². The van der Waals surface area contributed by atoms with E-state index < -0.39 is 0 Å². The Balaban J connectivity index is 2.88. The lowest BCUT2D eigenvalue weighted by atomic mass is 10.2. The van der Waals surface area contributed by atoms with Gasteiger partial charge >= 0.3 is 0 Å². The fourth-order valence-corrected chi connectivity index (χ4v) is 1.18. The first kappa shape index (κ1) is 9.99. The first-order valence-electron chi connectivity index (χ1n) is 4.42. The van der Waals surface area contributed by atoms with Crippen LogP contribution in [0.5, 0.6) is 0 Å². The van der Waals surface area contributed by atoms with Crippen LogP contribution in [0.2, 0.25) is 0 Å². The van der Waals surface area contributed by atoms with E-state index in [1.165, 1.54) is 0 Å². The number of pyridine rings is 1. The predicted octanol–water partition coefficient (Wildman–Crippen LogP) is 1.21. The van der Waals surface area contributed by atoms with Gasteiger partial charge < -0.3 is 10.0 Å². The molecule has 13 heavy (non-hydrogen) atoms. The highest BCUT2D eigenvalue weighted by Crippen LogP contribution is 2.15. The van der Waals surface area contributed by atoms with Crippen LogP contribution in [-0.2, 0) is 0 Å². The molecule has 72 valence electrons. The molecule has 0 spiro atoms. The van der Waals surface area contributed by atoms with E-state index in [9.17, 15) is 0 Å². The van der Waals surface area contributed by atoms with E-state index in [0.29, 0.717) is 0 Å². The van der Waals surface area contributed by atoms with Crippen molar-refractivity contribution in [3.05, 3.63) is 23.9 Å². The molecule has 0 amide bonds. The van der Waals surface area contributed by atoms with Gasteiger partial charge in [-0.25, -0.2) is 4.98 Å². The summed E-state index contributed by atoms with van der Waals surface area (Å²) >= 11 is 0. The molecule has 0 aliphatic heterocycles. The van der Waals surface area contributed by atoms with Crippen LogP contribution in [0.4, 0.5) is 5.82 Å². The maximum Gasteiger partial charge on any atom is 0.131 e. The first-order valence-corrected chi connectivity index (χ1v) is 4.42. The maximum absolute atomic E-state index is 8.99. The van der Waals surface area contributed by atoms with Crippen molar-refractivity contribution in [2.75, 3.05) is 18.6 Å². The van der Waals surface area contributed by atoms with Crippen molar-refractivity contribution in [2.24, 2.45) is 0 Å². The van der Waals surface area contributed by atoms with Crippen molar-refractivity contribution in [1.82, 2.24) is 4.98 Å². The van der Waals surface area contributed by atoms with Crippen molar-refractivity contribution >= 4 is 5.82 Å². The summed E-state index contributed by atoms with van der Waals surface area (Å²) in [6, 6.07) is 4.03. The number of aliphatic hydroxyl groups is 1. The van der Waals surface area contributed by atoms with Crippen molar-refractivity contribution in [2.45, 2.75) is 19.9 Å². The summed E-state index contributed by atoms with van der Waals surface area (Å²) in [4.78, 5) is 6.24. The van der Waals surface area contributed by atoms with E-state index >= 15 is 0 Å². The summed E-state index contributed by atoms with van der Waals surface area (Å²) in [5.74, 6) is 0.934. The summed E-state index contributed by atoms with van der Waals surface area (Å²) < 4.78 is 0. The molecule has 1 aromatic rings. The Morgan fingerprint density at radius 1 is 1.62 bits per heavy atom. The Morgan fingerprint density at radius 2 is 2.31 bits per heavy atom. The molecule has 3 nitrogen and oxygen atoms in total. The molecule has 0 saturated heterocycles. The van der Waals surface area contributed by atoms with Crippen molar-refractivity contribution in [1.29, 1.82) is 0 Å². The Hall–Kier alpha value is -1.09. The van der Waals surface area contributed by atoms with E-state index in [2.05, 4.69) is 4.98 Å². The van der Waals surface area contributed by atoms with E-state index in [1.54, 1.807) is 6.20 Å². The van der Waals surface area contributed by atoms with Crippen molar-refractivity contribution in [3.8, 4) is 0 Å². The number of aliphatic hydroxyl groups excluding tert-OH is 1. The zero-order valence-corrected chi connectivity index (χ0v) is 8.36. The number of likely N-dealkylation sites (N-methyl/N-ethyl adjacent to an activating group) is 1. The second-order valence-corrected chi connectivity index (χ2v) is 3.29. The third kappa shape index (κ3) is 2.18. The third-order valence-electron chi connectivity index (χ3n) is 2.24. The number of nitrogens with zero attached hydrogens (tertiary/aromatic N) is 2. The molecule has 3 heteroatoms. The Labute approximate surface area is 79.0 Å². The molecule has 0 radical (unpaired) electrons. The van der Waals surface area contributed by atoms with E-state index in [-0.39, 0.29) is 12.6 Å². The molecule has 1 heterocycles. The van der Waals surface area contributed by atoms with E-state index in [1.807, 2.05) is 37.9 Å². The molecule has 0 aliphatic rings. The number of anilines is 1. The lowest BCUT2D eigenvalue weighted by Gasteiger charge is -2.25. The van der Waals surface area contributed by atoms with Crippen LogP contribution in [0, 0.1) is 6.92 Å². The normalized spacial score (nSPS) is 12.6. The third-order valence-corrected chi connectivity index (χ3v) is 2.24. The lowest BCUT2D eigenvalue weighted by molar-refractivity contribution is 0.269. The lowest BCUT2D eigenvalue weighted by Crippen LogP contribution is -2.32. The van der Waals surface area contributed by atoms with Crippen LogP contribution >= 0.6 is 0 Å². The van der Waals surface area contributed by atoms with Gasteiger partial charge in [-0.3, -0.25) is 0 Å². The molecule has 1 N–H and O–H groups in total. The average Bonchev–Trinajstić information content (AvgIpc) is 2.16. The van der Waals surface area contributed by atoms with Crippen molar-refractivity contribution < 1.29 is 5.11 Å². The van der Waals surface area contributed by atoms with Gasteiger partial charge in [-0.2, -0.15) is 0 Å². The van der Waals surface area contributed by atoms with Crippen LogP contribution in [0.1, 0.15) is 12.5 Å². The molecule has 0 bridgehead atoms.